The highest BCUT2D eigenvalue weighted by Gasteiger charge is 2.47. The molecule has 2 heterocycles. The molecule has 1 fully saturated rings. The zero-order chi connectivity index (χ0) is 18.1. The summed E-state index contributed by atoms with van der Waals surface area (Å²) >= 11 is 0. The van der Waals surface area contributed by atoms with Gasteiger partial charge in [-0.3, -0.25) is 9.69 Å². The molecule has 1 atom stereocenters. The van der Waals surface area contributed by atoms with E-state index in [1.54, 1.807) is 6.92 Å². The van der Waals surface area contributed by atoms with Gasteiger partial charge in [-0.25, -0.2) is 9.78 Å². The third-order valence-corrected chi connectivity index (χ3v) is 4.73. The Morgan fingerprint density at radius 2 is 1.81 bits per heavy atom. The molecule has 0 aliphatic carbocycles. The van der Waals surface area contributed by atoms with Gasteiger partial charge in [0.1, 0.15) is 17.6 Å². The van der Waals surface area contributed by atoms with Gasteiger partial charge in [0.2, 0.25) is 5.89 Å². The summed E-state index contributed by atoms with van der Waals surface area (Å²) in [5, 5.41) is 2.82. The number of rotatable bonds is 5. The first-order chi connectivity index (χ1) is 12.5. The molecule has 132 valence electrons. The molecule has 3 amide bonds. The van der Waals surface area contributed by atoms with Crippen LogP contribution in [0.4, 0.5) is 4.79 Å². The van der Waals surface area contributed by atoms with Crippen LogP contribution < -0.4 is 5.32 Å². The number of aryl methyl sites for hydroxylation is 1. The first kappa shape index (κ1) is 16.3. The Bertz CT molecular complexity index is 934. The molecule has 6 nitrogen and oxygen atoms in total. The van der Waals surface area contributed by atoms with Gasteiger partial charge >= 0.3 is 6.03 Å². The standard InChI is InChI=1S/C20H19N3O3/c1-20(12-11-14-7-3-2-4-8-14)18(24)23(19(25)22-20)13-17-21-15-9-5-6-10-16(15)26-17/h2-10H,11-13H2,1H3,(H,22,25)/t20-/m1/s1. The molecule has 0 radical (unpaired) electrons. The molecule has 1 aromatic heterocycles. The second kappa shape index (κ2) is 6.29. The number of nitrogens with zero attached hydrogens (tertiary/aromatic N) is 2. The predicted octanol–water partition coefficient (Wildman–Crippen LogP) is 3.27. The van der Waals surface area contributed by atoms with Crippen LogP contribution >= 0.6 is 0 Å². The average molecular weight is 349 g/mol. The van der Waals surface area contributed by atoms with Gasteiger partial charge in [-0.05, 0) is 37.5 Å². The number of hydrogen-bond acceptors (Lipinski definition) is 4. The van der Waals surface area contributed by atoms with E-state index in [1.165, 1.54) is 4.90 Å². The van der Waals surface area contributed by atoms with Crippen molar-refractivity contribution in [2.24, 2.45) is 0 Å². The normalized spacial score (nSPS) is 20.0. The number of urea groups is 1. The van der Waals surface area contributed by atoms with Gasteiger partial charge in [-0.15, -0.1) is 0 Å². The SMILES string of the molecule is C[C@]1(CCc2ccccc2)NC(=O)N(Cc2nc3ccccc3o2)C1=O. The summed E-state index contributed by atoms with van der Waals surface area (Å²) in [5.41, 5.74) is 1.56. The number of carbonyl (C=O) groups excluding carboxylic acids is 2. The molecule has 2 aromatic carbocycles. The fraction of sp³-hybridized carbons (Fsp3) is 0.250. The summed E-state index contributed by atoms with van der Waals surface area (Å²) in [6, 6.07) is 16.9. The lowest BCUT2D eigenvalue weighted by molar-refractivity contribution is -0.131. The molecule has 26 heavy (non-hydrogen) atoms. The molecular formula is C20H19N3O3. The zero-order valence-corrected chi connectivity index (χ0v) is 14.4. The Morgan fingerprint density at radius 3 is 2.58 bits per heavy atom. The molecule has 0 unspecified atom stereocenters. The number of hydrogen-bond donors (Lipinski definition) is 1. The van der Waals surface area contributed by atoms with E-state index >= 15 is 0 Å². The minimum absolute atomic E-state index is 0.0280. The van der Waals surface area contributed by atoms with Crippen molar-refractivity contribution >= 4 is 23.0 Å². The third-order valence-electron chi connectivity index (χ3n) is 4.73. The number of carbonyl (C=O) groups is 2. The van der Waals surface area contributed by atoms with Gasteiger partial charge in [0.25, 0.3) is 5.91 Å². The van der Waals surface area contributed by atoms with Crippen molar-refractivity contribution in [3.8, 4) is 0 Å². The summed E-state index contributed by atoms with van der Waals surface area (Å²) in [6.07, 6.45) is 1.24. The maximum atomic E-state index is 12.9. The molecule has 6 heteroatoms. The third kappa shape index (κ3) is 2.94. The largest absolute Gasteiger partial charge is 0.439 e. The monoisotopic (exact) mass is 349 g/mol. The number of benzene rings is 2. The number of para-hydroxylation sites is 2. The van der Waals surface area contributed by atoms with Gasteiger partial charge in [0.15, 0.2) is 5.58 Å². The van der Waals surface area contributed by atoms with E-state index in [2.05, 4.69) is 10.3 Å². The Morgan fingerprint density at radius 1 is 1.08 bits per heavy atom. The molecule has 0 saturated carbocycles. The van der Waals surface area contributed by atoms with Gasteiger partial charge < -0.3 is 9.73 Å². The smallest absolute Gasteiger partial charge is 0.325 e. The van der Waals surface area contributed by atoms with Crippen LogP contribution in [0.1, 0.15) is 24.8 Å². The molecule has 1 saturated heterocycles. The number of oxazole rings is 1. The molecule has 1 aliphatic rings. The van der Waals surface area contributed by atoms with Gasteiger partial charge in [-0.1, -0.05) is 42.5 Å². The summed E-state index contributed by atoms with van der Waals surface area (Å²) in [4.78, 5) is 30.7. The Kier molecular flexibility index (Phi) is 3.95. The van der Waals surface area contributed by atoms with Crippen molar-refractivity contribution in [2.75, 3.05) is 0 Å². The molecule has 4 rings (SSSR count). The van der Waals surface area contributed by atoms with Crippen LogP contribution in [0.3, 0.4) is 0 Å². The van der Waals surface area contributed by atoms with Crippen LogP contribution in [0.5, 0.6) is 0 Å². The number of fused-ring (bicyclic) bond motifs is 1. The maximum absolute atomic E-state index is 12.9. The number of amides is 3. The minimum Gasteiger partial charge on any atom is -0.439 e. The first-order valence-corrected chi connectivity index (χ1v) is 8.58. The van der Waals surface area contributed by atoms with Crippen molar-refractivity contribution in [2.45, 2.75) is 31.8 Å². The fourth-order valence-corrected chi connectivity index (χ4v) is 3.22. The fourth-order valence-electron chi connectivity index (χ4n) is 3.22. The number of imide groups is 1. The quantitative estimate of drug-likeness (QED) is 0.717. The summed E-state index contributed by atoms with van der Waals surface area (Å²) < 4.78 is 5.64. The van der Waals surface area contributed by atoms with E-state index in [0.717, 1.165) is 5.56 Å². The molecular weight excluding hydrogens is 330 g/mol. The van der Waals surface area contributed by atoms with Crippen LogP contribution in [0.15, 0.2) is 59.0 Å². The van der Waals surface area contributed by atoms with Crippen molar-refractivity contribution in [3.63, 3.8) is 0 Å². The molecule has 1 N–H and O–H groups in total. The maximum Gasteiger partial charge on any atom is 0.325 e. The number of aromatic nitrogens is 1. The van der Waals surface area contributed by atoms with Crippen molar-refractivity contribution in [1.29, 1.82) is 0 Å². The van der Waals surface area contributed by atoms with E-state index in [9.17, 15) is 9.59 Å². The van der Waals surface area contributed by atoms with Crippen LogP contribution in [0, 0.1) is 0 Å². The van der Waals surface area contributed by atoms with Gasteiger partial charge in [0, 0.05) is 0 Å². The lowest BCUT2D eigenvalue weighted by Gasteiger charge is -2.21. The van der Waals surface area contributed by atoms with E-state index in [1.807, 2.05) is 54.6 Å². The van der Waals surface area contributed by atoms with Gasteiger partial charge in [0.05, 0.1) is 0 Å². The molecule has 1 aliphatic heterocycles. The van der Waals surface area contributed by atoms with E-state index < -0.39 is 11.6 Å². The summed E-state index contributed by atoms with van der Waals surface area (Å²) in [7, 11) is 0. The lowest BCUT2D eigenvalue weighted by Crippen LogP contribution is -2.44. The highest BCUT2D eigenvalue weighted by atomic mass is 16.3. The highest BCUT2D eigenvalue weighted by molar-refractivity contribution is 6.06. The Balaban J connectivity index is 1.49. The zero-order valence-electron chi connectivity index (χ0n) is 14.4. The highest BCUT2D eigenvalue weighted by Crippen LogP contribution is 2.25. The second-order valence-corrected chi connectivity index (χ2v) is 6.71. The number of nitrogens with one attached hydrogen (secondary N) is 1. The predicted molar refractivity (Wildman–Crippen MR) is 96.3 cm³/mol. The van der Waals surface area contributed by atoms with E-state index in [4.69, 9.17) is 4.42 Å². The van der Waals surface area contributed by atoms with Crippen LogP contribution in [-0.2, 0) is 17.8 Å². The lowest BCUT2D eigenvalue weighted by atomic mass is 9.93. The van der Waals surface area contributed by atoms with Crippen LogP contribution in [0.25, 0.3) is 11.1 Å². The Hall–Kier alpha value is -3.15. The van der Waals surface area contributed by atoms with E-state index in [0.29, 0.717) is 29.8 Å². The van der Waals surface area contributed by atoms with Crippen molar-refractivity contribution in [1.82, 2.24) is 15.2 Å². The van der Waals surface area contributed by atoms with E-state index in [-0.39, 0.29) is 12.5 Å². The van der Waals surface area contributed by atoms with Crippen molar-refractivity contribution < 1.29 is 14.0 Å². The second-order valence-electron chi connectivity index (χ2n) is 6.71. The summed E-state index contributed by atoms with van der Waals surface area (Å²) in [5.74, 6) is 0.0997. The Labute approximate surface area is 150 Å². The summed E-state index contributed by atoms with van der Waals surface area (Å²) in [6.45, 7) is 1.79. The minimum atomic E-state index is -0.918. The average Bonchev–Trinajstić information content (AvgIpc) is 3.15. The van der Waals surface area contributed by atoms with Gasteiger partial charge in [-0.2, -0.15) is 0 Å². The first-order valence-electron chi connectivity index (χ1n) is 8.58. The van der Waals surface area contributed by atoms with Crippen molar-refractivity contribution in [3.05, 3.63) is 66.1 Å². The molecule has 0 spiro atoms. The van der Waals surface area contributed by atoms with Crippen LogP contribution in [-0.4, -0.2) is 27.4 Å². The molecule has 0 bridgehead atoms. The topological polar surface area (TPSA) is 75.4 Å². The molecule has 3 aromatic rings. The van der Waals surface area contributed by atoms with Crippen LogP contribution in [0.2, 0.25) is 0 Å².